The SMILES string of the molecule is Cc1ccccc1C(=O)NN1C(=O)/C(=C/c2cccc(Cl)c2)SC1=S. The molecule has 0 radical (unpaired) electrons. The number of halogens is 1. The van der Waals surface area contributed by atoms with Gasteiger partial charge in [-0.1, -0.05) is 53.7 Å². The van der Waals surface area contributed by atoms with Crippen LogP contribution in [0.4, 0.5) is 0 Å². The first-order chi connectivity index (χ1) is 12.0. The monoisotopic (exact) mass is 388 g/mol. The van der Waals surface area contributed by atoms with E-state index in [0.29, 0.717) is 15.5 Å². The zero-order chi connectivity index (χ0) is 18.0. The number of thiocarbonyl (C=S) groups is 1. The Bertz CT molecular complexity index is 911. The first kappa shape index (κ1) is 17.7. The molecule has 126 valence electrons. The molecular formula is C18H13ClN2O2S2. The average Bonchev–Trinajstić information content (AvgIpc) is 2.83. The second kappa shape index (κ2) is 7.39. The summed E-state index contributed by atoms with van der Waals surface area (Å²) >= 11 is 12.3. The van der Waals surface area contributed by atoms with Crippen molar-refractivity contribution in [3.63, 3.8) is 0 Å². The van der Waals surface area contributed by atoms with Crippen molar-refractivity contribution in [3.8, 4) is 0 Å². The summed E-state index contributed by atoms with van der Waals surface area (Å²) < 4.78 is 0.278. The van der Waals surface area contributed by atoms with Crippen molar-refractivity contribution in [2.24, 2.45) is 0 Å². The van der Waals surface area contributed by atoms with Gasteiger partial charge in [0.2, 0.25) is 0 Å². The minimum absolute atomic E-state index is 0.278. The third-order valence-corrected chi connectivity index (χ3v) is 5.08. The second-order valence-corrected chi connectivity index (χ2v) is 7.44. The number of nitrogens with zero attached hydrogens (tertiary/aromatic N) is 1. The number of thioether (sulfide) groups is 1. The molecule has 0 saturated carbocycles. The van der Waals surface area contributed by atoms with Gasteiger partial charge in [0.05, 0.1) is 4.91 Å². The molecule has 1 fully saturated rings. The molecule has 2 aromatic rings. The molecule has 0 atom stereocenters. The van der Waals surface area contributed by atoms with Gasteiger partial charge in [-0.05, 0) is 54.5 Å². The minimum Gasteiger partial charge on any atom is -0.267 e. The van der Waals surface area contributed by atoms with Crippen LogP contribution in [0.5, 0.6) is 0 Å². The quantitative estimate of drug-likeness (QED) is 0.632. The molecule has 0 unspecified atom stereocenters. The summed E-state index contributed by atoms with van der Waals surface area (Å²) in [5.74, 6) is -0.740. The first-order valence-electron chi connectivity index (χ1n) is 7.36. The van der Waals surface area contributed by atoms with Gasteiger partial charge in [0.1, 0.15) is 0 Å². The maximum absolute atomic E-state index is 12.6. The maximum Gasteiger partial charge on any atom is 0.285 e. The second-order valence-electron chi connectivity index (χ2n) is 5.33. The van der Waals surface area contributed by atoms with E-state index >= 15 is 0 Å². The van der Waals surface area contributed by atoms with Crippen LogP contribution in [0.3, 0.4) is 0 Å². The van der Waals surface area contributed by atoms with Gasteiger partial charge >= 0.3 is 0 Å². The Morgan fingerprint density at radius 2 is 2.00 bits per heavy atom. The molecule has 1 saturated heterocycles. The van der Waals surface area contributed by atoms with Gasteiger partial charge in [-0.15, -0.1) is 0 Å². The van der Waals surface area contributed by atoms with Crippen LogP contribution in [0.25, 0.3) is 6.08 Å². The molecule has 7 heteroatoms. The average molecular weight is 389 g/mol. The fourth-order valence-electron chi connectivity index (χ4n) is 2.30. The van der Waals surface area contributed by atoms with Gasteiger partial charge < -0.3 is 0 Å². The summed E-state index contributed by atoms with van der Waals surface area (Å²) in [6, 6.07) is 14.3. The van der Waals surface area contributed by atoms with E-state index in [-0.39, 0.29) is 16.1 Å². The summed E-state index contributed by atoms with van der Waals surface area (Å²) in [4.78, 5) is 25.4. The maximum atomic E-state index is 12.6. The van der Waals surface area contributed by atoms with Crippen LogP contribution < -0.4 is 5.43 Å². The number of rotatable bonds is 3. The van der Waals surface area contributed by atoms with Crippen LogP contribution >= 0.6 is 35.6 Å². The van der Waals surface area contributed by atoms with Gasteiger partial charge in [-0.3, -0.25) is 15.0 Å². The van der Waals surface area contributed by atoms with Crippen molar-refractivity contribution in [3.05, 3.63) is 75.1 Å². The van der Waals surface area contributed by atoms with E-state index < -0.39 is 0 Å². The van der Waals surface area contributed by atoms with E-state index in [9.17, 15) is 9.59 Å². The van der Waals surface area contributed by atoms with Crippen molar-refractivity contribution in [1.82, 2.24) is 10.4 Å². The van der Waals surface area contributed by atoms with E-state index in [0.717, 1.165) is 27.9 Å². The molecule has 2 amide bonds. The number of hydrogen-bond donors (Lipinski definition) is 1. The molecule has 0 bridgehead atoms. The molecule has 0 aromatic heterocycles. The number of carbonyl (C=O) groups is 2. The van der Waals surface area contributed by atoms with E-state index in [1.54, 1.807) is 36.4 Å². The van der Waals surface area contributed by atoms with Gasteiger partial charge in [0, 0.05) is 10.6 Å². The van der Waals surface area contributed by atoms with Gasteiger partial charge in [-0.2, -0.15) is 5.01 Å². The zero-order valence-corrected chi connectivity index (χ0v) is 15.5. The lowest BCUT2D eigenvalue weighted by atomic mass is 10.1. The topological polar surface area (TPSA) is 49.4 Å². The van der Waals surface area contributed by atoms with Crippen LogP contribution in [-0.2, 0) is 4.79 Å². The predicted molar refractivity (Wildman–Crippen MR) is 105 cm³/mol. The Morgan fingerprint density at radius 1 is 1.24 bits per heavy atom. The molecule has 25 heavy (non-hydrogen) atoms. The van der Waals surface area contributed by atoms with Crippen LogP contribution in [0, 0.1) is 6.92 Å². The zero-order valence-electron chi connectivity index (χ0n) is 13.2. The first-order valence-corrected chi connectivity index (χ1v) is 8.96. The van der Waals surface area contributed by atoms with E-state index in [2.05, 4.69) is 5.43 Å². The number of amides is 2. The fraction of sp³-hybridized carbons (Fsp3) is 0.0556. The van der Waals surface area contributed by atoms with E-state index in [1.807, 2.05) is 25.1 Å². The highest BCUT2D eigenvalue weighted by Gasteiger charge is 2.33. The normalized spacial score (nSPS) is 15.8. The molecule has 1 aliphatic heterocycles. The smallest absolute Gasteiger partial charge is 0.267 e. The molecule has 4 nitrogen and oxygen atoms in total. The molecule has 3 rings (SSSR count). The molecule has 1 N–H and O–H groups in total. The lowest BCUT2D eigenvalue weighted by Crippen LogP contribution is -2.45. The summed E-state index contributed by atoms with van der Waals surface area (Å²) in [5.41, 5.74) is 4.68. The summed E-state index contributed by atoms with van der Waals surface area (Å²) in [6.45, 7) is 1.83. The standard InChI is InChI=1S/C18H13ClN2O2S2/c1-11-5-2-3-8-14(11)16(22)20-21-17(23)15(25-18(21)24)10-12-6-4-7-13(19)9-12/h2-10H,1H3,(H,20,22)/b15-10-. The summed E-state index contributed by atoms with van der Waals surface area (Å²) in [5, 5.41) is 1.68. The predicted octanol–water partition coefficient (Wildman–Crippen LogP) is 4.19. The highest BCUT2D eigenvalue weighted by Crippen LogP contribution is 2.31. The van der Waals surface area contributed by atoms with Crippen molar-refractivity contribution >= 4 is 57.8 Å². The number of benzene rings is 2. The van der Waals surface area contributed by atoms with Crippen LogP contribution in [0.1, 0.15) is 21.5 Å². The van der Waals surface area contributed by atoms with E-state index in [4.69, 9.17) is 23.8 Å². The largest absolute Gasteiger partial charge is 0.285 e. The van der Waals surface area contributed by atoms with Gasteiger partial charge in [0.25, 0.3) is 11.8 Å². The van der Waals surface area contributed by atoms with Crippen LogP contribution in [-0.4, -0.2) is 21.1 Å². The lowest BCUT2D eigenvalue weighted by molar-refractivity contribution is -0.123. The highest BCUT2D eigenvalue weighted by atomic mass is 35.5. The lowest BCUT2D eigenvalue weighted by Gasteiger charge is -2.16. The number of hydrazine groups is 1. The van der Waals surface area contributed by atoms with Crippen molar-refractivity contribution in [2.75, 3.05) is 0 Å². The van der Waals surface area contributed by atoms with E-state index in [1.165, 1.54) is 0 Å². The molecule has 0 aliphatic carbocycles. The summed E-state index contributed by atoms with van der Waals surface area (Å²) in [7, 11) is 0. The third kappa shape index (κ3) is 3.92. The highest BCUT2D eigenvalue weighted by molar-refractivity contribution is 8.26. The Hall–Kier alpha value is -2.15. The molecule has 1 aliphatic rings. The van der Waals surface area contributed by atoms with Crippen LogP contribution in [0.15, 0.2) is 53.4 Å². The molecule has 1 heterocycles. The van der Waals surface area contributed by atoms with Crippen molar-refractivity contribution in [1.29, 1.82) is 0 Å². The Kier molecular flexibility index (Phi) is 5.22. The minimum atomic E-state index is -0.376. The summed E-state index contributed by atoms with van der Waals surface area (Å²) in [6.07, 6.45) is 1.70. The molecular weight excluding hydrogens is 376 g/mol. The number of carbonyl (C=O) groups excluding carboxylic acids is 2. The van der Waals surface area contributed by atoms with Gasteiger partial charge in [0.15, 0.2) is 4.32 Å². The third-order valence-electron chi connectivity index (χ3n) is 3.54. The van der Waals surface area contributed by atoms with Crippen LogP contribution in [0.2, 0.25) is 5.02 Å². The Labute approximate surface area is 159 Å². The number of aryl methyl sites for hydroxylation is 1. The number of nitrogens with one attached hydrogen (secondary N) is 1. The molecule has 2 aromatic carbocycles. The van der Waals surface area contributed by atoms with Gasteiger partial charge in [-0.25, -0.2) is 0 Å². The van der Waals surface area contributed by atoms with Crippen molar-refractivity contribution < 1.29 is 9.59 Å². The van der Waals surface area contributed by atoms with Crippen molar-refractivity contribution in [2.45, 2.75) is 6.92 Å². The Balaban J connectivity index is 1.80. The number of hydrogen-bond acceptors (Lipinski definition) is 4. The molecule has 0 spiro atoms. The fourth-order valence-corrected chi connectivity index (χ4v) is 3.68. The Morgan fingerprint density at radius 3 is 2.72 bits per heavy atom.